The molecule has 1 aliphatic carbocycles. The molecule has 1 aromatic heterocycles. The predicted octanol–water partition coefficient (Wildman–Crippen LogP) is 8.30. The van der Waals surface area contributed by atoms with Gasteiger partial charge in [-0.15, -0.1) is 0 Å². The molecule has 2 aromatic carbocycles. The van der Waals surface area contributed by atoms with Gasteiger partial charge in [0.05, 0.1) is 23.6 Å². The fraction of sp³-hybridized carbons (Fsp3) is 0.475. The normalized spacial score (nSPS) is 18.0. The number of nitrogens with one attached hydrogen (secondary N) is 1. The van der Waals surface area contributed by atoms with Gasteiger partial charge in [-0.1, -0.05) is 74.9 Å². The van der Waals surface area contributed by atoms with Gasteiger partial charge in [0.2, 0.25) is 5.96 Å². The lowest BCUT2D eigenvalue weighted by Gasteiger charge is -2.35. The number of alkyl halides is 2. The number of halogens is 3. The van der Waals surface area contributed by atoms with Gasteiger partial charge in [-0.05, 0) is 80.2 Å². The van der Waals surface area contributed by atoms with E-state index in [-0.39, 0.29) is 36.3 Å². The highest BCUT2D eigenvalue weighted by Gasteiger charge is 2.54. The Morgan fingerprint density at radius 1 is 1.11 bits per heavy atom. The van der Waals surface area contributed by atoms with Crippen LogP contribution in [-0.4, -0.2) is 81.1 Å². The number of aliphatic imine (C=N–C) groups is 2. The molecule has 56 heavy (non-hydrogen) atoms. The predicted molar refractivity (Wildman–Crippen MR) is 215 cm³/mol. The second-order valence-electron chi connectivity index (χ2n) is 16.5. The van der Waals surface area contributed by atoms with Crippen LogP contribution in [0, 0.1) is 11.3 Å². The average Bonchev–Trinajstić information content (AvgIpc) is 3.68. The Hall–Kier alpha value is -4.76. The molecule has 1 fully saturated rings. The number of ether oxygens (including phenoxy) is 2. The van der Waals surface area contributed by atoms with Crippen molar-refractivity contribution in [3.05, 3.63) is 76.6 Å². The first-order chi connectivity index (χ1) is 26.2. The Kier molecular flexibility index (Phi) is 12.7. The van der Waals surface area contributed by atoms with Gasteiger partial charge >= 0.3 is 18.6 Å². The lowest BCUT2D eigenvalue weighted by Crippen LogP contribution is -2.50. The van der Waals surface area contributed by atoms with Crippen LogP contribution < -0.4 is 5.32 Å². The van der Waals surface area contributed by atoms with Crippen LogP contribution in [0.1, 0.15) is 96.5 Å². The van der Waals surface area contributed by atoms with Gasteiger partial charge in [0.15, 0.2) is 5.54 Å². The van der Waals surface area contributed by atoms with Gasteiger partial charge in [-0.2, -0.15) is 13.9 Å². The van der Waals surface area contributed by atoms with Crippen LogP contribution in [0.4, 0.5) is 13.6 Å². The Morgan fingerprint density at radius 3 is 2.36 bits per heavy atom. The zero-order valence-electron chi connectivity index (χ0n) is 32.8. The van der Waals surface area contributed by atoms with Gasteiger partial charge in [-0.25, -0.2) is 19.5 Å². The van der Waals surface area contributed by atoms with E-state index in [9.17, 15) is 18.4 Å². The molecular weight excluding hydrogens is 764 g/mol. The van der Waals surface area contributed by atoms with E-state index >= 15 is 4.79 Å². The van der Waals surface area contributed by atoms with Crippen molar-refractivity contribution in [3.63, 3.8) is 0 Å². The minimum atomic E-state index is -2.80. The summed E-state index contributed by atoms with van der Waals surface area (Å²) in [5, 5.41) is 6.79. The molecule has 1 saturated carbocycles. The van der Waals surface area contributed by atoms with Crippen molar-refractivity contribution >= 4 is 59.1 Å². The lowest BCUT2D eigenvalue weighted by atomic mass is 9.75. The minimum Gasteiger partial charge on any atom is -0.463 e. The van der Waals surface area contributed by atoms with E-state index in [4.69, 9.17) is 38.3 Å². The number of thiocarbonyl (C=S) groups is 1. The molecular formula is C40H48ClF2N7O5S. The smallest absolute Gasteiger partial charge is 0.414 e. The molecule has 0 radical (unpaired) electrons. The van der Waals surface area contributed by atoms with Crippen LogP contribution in [-0.2, 0) is 24.6 Å². The maximum Gasteiger partial charge on any atom is 0.414 e. The number of rotatable bonds is 12. The number of hydrogen-bond acceptors (Lipinski definition) is 8. The van der Waals surface area contributed by atoms with Crippen molar-refractivity contribution in [2.45, 2.75) is 91.0 Å². The zero-order chi connectivity index (χ0) is 41.2. The third-order valence-corrected chi connectivity index (χ3v) is 9.53. The van der Waals surface area contributed by atoms with Crippen molar-refractivity contribution in [1.82, 2.24) is 24.9 Å². The van der Waals surface area contributed by atoms with E-state index in [1.807, 2.05) is 20.8 Å². The van der Waals surface area contributed by atoms with Crippen molar-refractivity contribution in [3.8, 4) is 11.1 Å². The fourth-order valence-electron chi connectivity index (χ4n) is 6.31. The van der Waals surface area contributed by atoms with Crippen molar-refractivity contribution < 1.29 is 32.6 Å². The summed E-state index contributed by atoms with van der Waals surface area (Å²) in [4.78, 5) is 54.6. The highest BCUT2D eigenvalue weighted by Crippen LogP contribution is 2.46. The number of alkyl carbamates (subject to hydrolysis) is 1. The van der Waals surface area contributed by atoms with Crippen LogP contribution in [0.25, 0.3) is 11.1 Å². The maximum absolute atomic E-state index is 15.4. The summed E-state index contributed by atoms with van der Waals surface area (Å²) in [6.45, 7) is 7.93. The first kappa shape index (κ1) is 42.4. The number of benzene rings is 2. The third kappa shape index (κ3) is 10.5. The minimum absolute atomic E-state index is 0.122. The van der Waals surface area contributed by atoms with Crippen molar-refractivity contribution in [2.24, 2.45) is 21.3 Å². The lowest BCUT2D eigenvalue weighted by molar-refractivity contribution is -0.148. The number of guanidine groups is 1. The van der Waals surface area contributed by atoms with E-state index in [2.05, 4.69) is 15.4 Å². The van der Waals surface area contributed by atoms with E-state index in [1.165, 1.54) is 17.3 Å². The molecule has 0 saturated heterocycles. The van der Waals surface area contributed by atoms with E-state index < -0.39 is 47.1 Å². The quantitative estimate of drug-likeness (QED) is 0.0837. The van der Waals surface area contributed by atoms with E-state index in [0.29, 0.717) is 37.5 Å². The van der Waals surface area contributed by atoms with Crippen LogP contribution in [0.2, 0.25) is 5.02 Å². The van der Waals surface area contributed by atoms with Crippen LogP contribution >= 0.6 is 23.8 Å². The molecule has 5 rings (SSSR count). The van der Waals surface area contributed by atoms with Crippen LogP contribution in [0.3, 0.4) is 0 Å². The number of nitrogens with zero attached hydrogens (tertiary/aromatic N) is 6. The second kappa shape index (κ2) is 16.8. The molecule has 1 N–H and O–H groups in total. The fourth-order valence-corrected chi connectivity index (χ4v) is 6.79. The molecule has 300 valence electrons. The second-order valence-corrected chi connectivity index (χ2v) is 17.3. The molecule has 0 unspecified atom stereocenters. The largest absolute Gasteiger partial charge is 0.463 e. The number of hydrogen-bond donors (Lipinski definition) is 1. The topological polar surface area (TPSA) is 131 Å². The van der Waals surface area contributed by atoms with E-state index in [0.717, 1.165) is 12.8 Å². The van der Waals surface area contributed by atoms with Gasteiger partial charge in [0.1, 0.15) is 17.2 Å². The maximum atomic E-state index is 15.4. The summed E-state index contributed by atoms with van der Waals surface area (Å²) in [7, 11) is 3.60. The number of esters is 1. The summed E-state index contributed by atoms with van der Waals surface area (Å²) in [5.41, 5.74) is -0.582. The third-order valence-electron chi connectivity index (χ3n) is 8.87. The molecule has 0 bridgehead atoms. The summed E-state index contributed by atoms with van der Waals surface area (Å²) in [6, 6.07) is 10.8. The van der Waals surface area contributed by atoms with Crippen molar-refractivity contribution in [2.75, 3.05) is 20.7 Å². The number of carbonyl (C=O) groups excluding carboxylic acids is 3. The number of carbonyl (C=O) groups is 3. The zero-order valence-corrected chi connectivity index (χ0v) is 34.4. The molecule has 3 aromatic rings. The molecule has 1 aliphatic heterocycles. The molecule has 2 amide bonds. The summed E-state index contributed by atoms with van der Waals surface area (Å²) in [6.07, 6.45) is 5.56. The van der Waals surface area contributed by atoms with Gasteiger partial charge in [0, 0.05) is 37.8 Å². The van der Waals surface area contributed by atoms with Crippen LogP contribution in [0.5, 0.6) is 0 Å². The number of aromatic nitrogens is 2. The average molecular weight is 812 g/mol. The molecule has 12 nitrogen and oxygen atoms in total. The Labute approximate surface area is 336 Å². The molecule has 2 atom stereocenters. The SMILES string of the molecule is CN(C)C=NC(=S)c1cc([C@@H](COC(=O)CC2CC2)N2C(=O)[C@@](CC(C)(C)C)(c3ccc(-c4cnn(C(F)F)c4)cc3)N=C2NC(=O)OC(C)(C)C)ccc1Cl. The van der Waals surface area contributed by atoms with Crippen LogP contribution in [0.15, 0.2) is 64.8 Å². The Morgan fingerprint density at radius 2 is 1.79 bits per heavy atom. The summed E-state index contributed by atoms with van der Waals surface area (Å²) >= 11 is 12.3. The van der Waals surface area contributed by atoms with Gasteiger partial charge in [-0.3, -0.25) is 19.8 Å². The highest BCUT2D eigenvalue weighted by molar-refractivity contribution is 7.80. The summed E-state index contributed by atoms with van der Waals surface area (Å²) in [5.74, 6) is -0.801. The molecule has 2 heterocycles. The van der Waals surface area contributed by atoms with Gasteiger partial charge < -0.3 is 14.4 Å². The van der Waals surface area contributed by atoms with E-state index in [1.54, 1.807) is 88.6 Å². The molecule has 0 spiro atoms. The highest BCUT2D eigenvalue weighted by atomic mass is 35.5. The monoisotopic (exact) mass is 811 g/mol. The molecule has 16 heteroatoms. The van der Waals surface area contributed by atoms with Gasteiger partial charge in [0.25, 0.3) is 5.91 Å². The number of amides is 2. The first-order valence-electron chi connectivity index (χ1n) is 18.2. The Balaban J connectivity index is 1.66. The summed E-state index contributed by atoms with van der Waals surface area (Å²) < 4.78 is 38.7. The standard InChI is InChI=1S/C40H48ClF2N7O5S/c1-38(2,3)22-40(28-14-11-25(12-15-28)27-19-45-49(20-27)35(42)43)34(52)50(36(47-40)46-37(53)55-39(4,5)6)31(21-54-32(51)17-24-9-10-24)26-13-16-30(41)29(18-26)33(56)44-23-48(7)8/h11-16,18-20,23-24,31,35H,9-10,17,21-22H2,1-8H3,(H,46,47,53)/t31-,40-/m1/s1. The molecule has 2 aliphatic rings. The van der Waals surface area contributed by atoms with Crippen molar-refractivity contribution in [1.29, 1.82) is 0 Å². The Bertz CT molecular complexity index is 2020. The first-order valence-corrected chi connectivity index (χ1v) is 19.0.